The Morgan fingerprint density at radius 3 is 2.95 bits per heavy atom. The Morgan fingerprint density at radius 1 is 1.32 bits per heavy atom. The van der Waals surface area contributed by atoms with Crippen molar-refractivity contribution < 1.29 is 9.21 Å². The normalized spacial score (nSPS) is 15.1. The Morgan fingerprint density at radius 2 is 2.18 bits per heavy atom. The first kappa shape index (κ1) is 14.8. The molecule has 1 amide bonds. The monoisotopic (exact) mass is 298 g/mol. The van der Waals surface area contributed by atoms with E-state index < -0.39 is 0 Å². The van der Waals surface area contributed by atoms with Gasteiger partial charge in [0, 0.05) is 19.2 Å². The second kappa shape index (κ2) is 7.25. The molecule has 3 rings (SSSR count). The first-order valence-corrected chi connectivity index (χ1v) is 8.07. The molecule has 0 unspecified atom stereocenters. The molecule has 1 aliphatic rings. The van der Waals surface area contributed by atoms with Crippen LogP contribution in [-0.4, -0.2) is 10.9 Å². The molecule has 0 aromatic carbocycles. The van der Waals surface area contributed by atoms with Gasteiger partial charge in [-0.2, -0.15) is 0 Å². The van der Waals surface area contributed by atoms with Gasteiger partial charge in [-0.1, -0.05) is 25.7 Å². The zero-order valence-electron chi connectivity index (χ0n) is 12.8. The van der Waals surface area contributed by atoms with Crippen molar-refractivity contribution in [2.24, 2.45) is 5.92 Å². The number of aromatic nitrogens is 1. The molecule has 1 saturated carbocycles. The molecule has 0 bridgehead atoms. The standard InChI is InChI=1S/C18H22N2O2/c21-18(8-7-14-4-1-2-5-14)20-13-15-9-10-19-16(12-15)17-6-3-11-22-17/h3,6,9-12,14H,1-2,4-5,7-8,13H2,(H,20,21). The van der Waals surface area contributed by atoms with Gasteiger partial charge in [0.2, 0.25) is 5.91 Å². The van der Waals surface area contributed by atoms with E-state index in [1.165, 1.54) is 25.7 Å². The number of rotatable bonds is 6. The van der Waals surface area contributed by atoms with Gasteiger partial charge >= 0.3 is 0 Å². The highest BCUT2D eigenvalue weighted by molar-refractivity contribution is 5.75. The van der Waals surface area contributed by atoms with Gasteiger partial charge in [-0.05, 0) is 42.2 Å². The van der Waals surface area contributed by atoms with Crippen molar-refractivity contribution in [3.63, 3.8) is 0 Å². The van der Waals surface area contributed by atoms with Crippen LogP contribution in [0.15, 0.2) is 41.1 Å². The van der Waals surface area contributed by atoms with Gasteiger partial charge in [-0.15, -0.1) is 0 Å². The van der Waals surface area contributed by atoms with Crippen LogP contribution >= 0.6 is 0 Å². The molecular formula is C18H22N2O2. The van der Waals surface area contributed by atoms with E-state index in [0.717, 1.165) is 29.4 Å². The van der Waals surface area contributed by atoms with E-state index in [1.807, 2.05) is 24.3 Å². The van der Waals surface area contributed by atoms with Crippen LogP contribution in [0.4, 0.5) is 0 Å². The zero-order valence-corrected chi connectivity index (χ0v) is 12.8. The van der Waals surface area contributed by atoms with Gasteiger partial charge in [-0.25, -0.2) is 0 Å². The predicted molar refractivity (Wildman–Crippen MR) is 85.0 cm³/mol. The topological polar surface area (TPSA) is 55.1 Å². The molecule has 1 N–H and O–H groups in total. The highest BCUT2D eigenvalue weighted by atomic mass is 16.3. The van der Waals surface area contributed by atoms with Crippen LogP contribution in [0.5, 0.6) is 0 Å². The van der Waals surface area contributed by atoms with Crippen molar-refractivity contribution in [1.82, 2.24) is 10.3 Å². The summed E-state index contributed by atoms with van der Waals surface area (Å²) in [4.78, 5) is 16.2. The second-order valence-corrected chi connectivity index (χ2v) is 5.99. The molecule has 1 fully saturated rings. The molecule has 4 heteroatoms. The number of nitrogens with one attached hydrogen (secondary N) is 1. The lowest BCUT2D eigenvalue weighted by Crippen LogP contribution is -2.23. The molecule has 2 aromatic heterocycles. The van der Waals surface area contributed by atoms with E-state index in [2.05, 4.69) is 10.3 Å². The lowest BCUT2D eigenvalue weighted by molar-refractivity contribution is -0.121. The van der Waals surface area contributed by atoms with Crippen molar-refractivity contribution in [3.05, 3.63) is 42.3 Å². The van der Waals surface area contributed by atoms with Crippen molar-refractivity contribution in [1.29, 1.82) is 0 Å². The Bertz CT molecular complexity index is 601. The van der Waals surface area contributed by atoms with Crippen LogP contribution in [0.1, 0.15) is 44.1 Å². The fraction of sp³-hybridized carbons (Fsp3) is 0.444. The summed E-state index contributed by atoms with van der Waals surface area (Å²) in [5.41, 5.74) is 1.83. The predicted octanol–water partition coefficient (Wildman–Crippen LogP) is 3.93. The number of hydrogen-bond donors (Lipinski definition) is 1. The van der Waals surface area contributed by atoms with Crippen molar-refractivity contribution in [2.75, 3.05) is 0 Å². The van der Waals surface area contributed by atoms with Gasteiger partial charge in [0.15, 0.2) is 5.76 Å². The van der Waals surface area contributed by atoms with Crippen LogP contribution in [0.2, 0.25) is 0 Å². The van der Waals surface area contributed by atoms with Crippen molar-refractivity contribution in [2.45, 2.75) is 45.1 Å². The van der Waals surface area contributed by atoms with E-state index in [4.69, 9.17) is 4.42 Å². The van der Waals surface area contributed by atoms with Crippen LogP contribution in [0.25, 0.3) is 11.5 Å². The quantitative estimate of drug-likeness (QED) is 0.879. The van der Waals surface area contributed by atoms with Gasteiger partial charge in [0.1, 0.15) is 5.69 Å². The minimum absolute atomic E-state index is 0.142. The second-order valence-electron chi connectivity index (χ2n) is 5.99. The fourth-order valence-electron chi connectivity index (χ4n) is 3.07. The van der Waals surface area contributed by atoms with Gasteiger partial charge < -0.3 is 9.73 Å². The van der Waals surface area contributed by atoms with Gasteiger partial charge in [0.25, 0.3) is 0 Å². The lowest BCUT2D eigenvalue weighted by Gasteiger charge is -2.09. The molecule has 22 heavy (non-hydrogen) atoms. The number of nitrogens with zero attached hydrogens (tertiary/aromatic N) is 1. The first-order chi connectivity index (χ1) is 10.8. The minimum atomic E-state index is 0.142. The molecule has 0 aliphatic heterocycles. The number of carbonyl (C=O) groups excluding carboxylic acids is 1. The maximum Gasteiger partial charge on any atom is 0.220 e. The molecule has 1 aliphatic carbocycles. The van der Waals surface area contributed by atoms with Crippen molar-refractivity contribution >= 4 is 5.91 Å². The third kappa shape index (κ3) is 3.97. The molecule has 2 heterocycles. The summed E-state index contributed by atoms with van der Waals surface area (Å²) in [5, 5.41) is 3.00. The summed E-state index contributed by atoms with van der Waals surface area (Å²) < 4.78 is 5.35. The number of hydrogen-bond acceptors (Lipinski definition) is 3. The van der Waals surface area contributed by atoms with Crippen LogP contribution in [0.3, 0.4) is 0 Å². The fourth-order valence-corrected chi connectivity index (χ4v) is 3.07. The maximum atomic E-state index is 11.9. The summed E-state index contributed by atoms with van der Waals surface area (Å²) in [5.74, 6) is 1.65. The average Bonchev–Trinajstić information content (AvgIpc) is 3.24. The molecule has 116 valence electrons. The molecule has 4 nitrogen and oxygen atoms in total. The Kier molecular flexibility index (Phi) is 4.88. The number of pyridine rings is 1. The van der Waals surface area contributed by atoms with Crippen LogP contribution in [-0.2, 0) is 11.3 Å². The highest BCUT2D eigenvalue weighted by Crippen LogP contribution is 2.28. The molecule has 0 spiro atoms. The number of furan rings is 1. The average molecular weight is 298 g/mol. The van der Waals surface area contributed by atoms with Gasteiger partial charge in [0.05, 0.1) is 6.26 Å². The van der Waals surface area contributed by atoms with Crippen molar-refractivity contribution in [3.8, 4) is 11.5 Å². The van der Waals surface area contributed by atoms with Gasteiger partial charge in [-0.3, -0.25) is 9.78 Å². The van der Waals surface area contributed by atoms with E-state index >= 15 is 0 Å². The van der Waals surface area contributed by atoms with E-state index in [0.29, 0.717) is 13.0 Å². The molecule has 0 saturated heterocycles. The zero-order chi connectivity index (χ0) is 15.2. The van der Waals surface area contributed by atoms with Crippen LogP contribution in [0, 0.1) is 5.92 Å². The molecule has 0 radical (unpaired) electrons. The summed E-state index contributed by atoms with van der Waals surface area (Å²) in [6, 6.07) is 7.60. The number of carbonyl (C=O) groups is 1. The summed E-state index contributed by atoms with van der Waals surface area (Å²) >= 11 is 0. The van der Waals surface area contributed by atoms with E-state index in [-0.39, 0.29) is 5.91 Å². The third-order valence-corrected chi connectivity index (χ3v) is 4.34. The number of amides is 1. The van der Waals surface area contributed by atoms with Crippen LogP contribution < -0.4 is 5.32 Å². The minimum Gasteiger partial charge on any atom is -0.463 e. The summed E-state index contributed by atoms with van der Waals surface area (Å²) in [6.07, 6.45) is 10.3. The van der Waals surface area contributed by atoms with E-state index in [9.17, 15) is 4.79 Å². The largest absolute Gasteiger partial charge is 0.463 e. The molecule has 2 aromatic rings. The Balaban J connectivity index is 1.48. The summed E-state index contributed by atoms with van der Waals surface area (Å²) in [7, 11) is 0. The SMILES string of the molecule is O=C(CCC1CCCC1)NCc1ccnc(-c2ccco2)c1. The molecule has 0 atom stereocenters. The Hall–Kier alpha value is -2.10. The lowest BCUT2D eigenvalue weighted by atomic mass is 10.0. The molecular weight excluding hydrogens is 276 g/mol. The maximum absolute atomic E-state index is 11.9. The first-order valence-electron chi connectivity index (χ1n) is 8.07. The third-order valence-electron chi connectivity index (χ3n) is 4.34. The Labute approximate surface area is 130 Å². The summed E-state index contributed by atoms with van der Waals surface area (Å²) in [6.45, 7) is 0.541. The van der Waals surface area contributed by atoms with E-state index in [1.54, 1.807) is 12.5 Å². The smallest absolute Gasteiger partial charge is 0.220 e. The highest BCUT2D eigenvalue weighted by Gasteiger charge is 2.16.